The standard InChI is InChI=1S/C28H42N4O4S/c1-17(2)15-21-8-10-22(11-9-21)20(6)26(34)32-25(18(3)4)28(36)31-23-16-37-14-13-29-24(33)12-7-19(5)30-27(23)35/h7-12,17-20,23,25H,13-16H2,1-6H3,(H,29,33)(H,30,35)(H,31,36)(H,32,34)/b12-7+/t19-,20-,23-,25-/m0/s1. The van der Waals surface area contributed by atoms with Crippen molar-refractivity contribution in [3.05, 3.63) is 47.5 Å². The summed E-state index contributed by atoms with van der Waals surface area (Å²) in [7, 11) is 0. The molecular weight excluding hydrogens is 488 g/mol. The Morgan fingerprint density at radius 2 is 1.73 bits per heavy atom. The number of hydrogen-bond acceptors (Lipinski definition) is 5. The molecule has 1 heterocycles. The molecule has 0 unspecified atom stereocenters. The zero-order chi connectivity index (χ0) is 27.5. The molecule has 1 aromatic carbocycles. The highest BCUT2D eigenvalue weighted by molar-refractivity contribution is 7.99. The molecule has 0 spiro atoms. The molecule has 4 amide bonds. The van der Waals surface area contributed by atoms with Crippen LogP contribution in [0.4, 0.5) is 0 Å². The summed E-state index contributed by atoms with van der Waals surface area (Å²) in [5.74, 6) is -0.267. The second-order valence-electron chi connectivity index (χ2n) is 10.4. The van der Waals surface area contributed by atoms with Crippen LogP contribution in [0.1, 0.15) is 58.6 Å². The predicted molar refractivity (Wildman–Crippen MR) is 149 cm³/mol. The molecule has 204 valence electrons. The first-order valence-electron chi connectivity index (χ1n) is 13.0. The highest BCUT2D eigenvalue weighted by Crippen LogP contribution is 2.19. The lowest BCUT2D eigenvalue weighted by Crippen LogP contribution is -2.57. The van der Waals surface area contributed by atoms with Crippen molar-refractivity contribution in [1.82, 2.24) is 21.3 Å². The fraction of sp³-hybridized carbons (Fsp3) is 0.571. The van der Waals surface area contributed by atoms with E-state index in [4.69, 9.17) is 0 Å². The predicted octanol–water partition coefficient (Wildman–Crippen LogP) is 2.54. The Morgan fingerprint density at radius 1 is 1.05 bits per heavy atom. The zero-order valence-electron chi connectivity index (χ0n) is 22.8. The Hall–Kier alpha value is -2.81. The second kappa shape index (κ2) is 14.8. The Morgan fingerprint density at radius 3 is 2.35 bits per heavy atom. The van der Waals surface area contributed by atoms with Crippen LogP contribution in [-0.4, -0.2) is 59.8 Å². The average molecular weight is 531 g/mol. The van der Waals surface area contributed by atoms with Crippen LogP contribution in [-0.2, 0) is 25.6 Å². The summed E-state index contributed by atoms with van der Waals surface area (Å²) in [5.41, 5.74) is 2.11. The number of carbonyl (C=O) groups is 4. The average Bonchev–Trinajstić information content (AvgIpc) is 2.83. The molecule has 1 aliphatic rings. The smallest absolute Gasteiger partial charge is 0.243 e. The van der Waals surface area contributed by atoms with Gasteiger partial charge in [-0.3, -0.25) is 19.2 Å². The molecule has 1 aromatic rings. The maximum Gasteiger partial charge on any atom is 0.243 e. The summed E-state index contributed by atoms with van der Waals surface area (Å²) in [5, 5.41) is 11.3. The third-order valence-corrected chi connectivity index (χ3v) is 7.20. The van der Waals surface area contributed by atoms with Crippen molar-refractivity contribution < 1.29 is 19.2 Å². The number of rotatable bonds is 8. The topological polar surface area (TPSA) is 116 Å². The number of thioether (sulfide) groups is 1. The van der Waals surface area contributed by atoms with E-state index in [1.807, 2.05) is 45.0 Å². The molecule has 2 rings (SSSR count). The van der Waals surface area contributed by atoms with Gasteiger partial charge < -0.3 is 21.3 Å². The minimum Gasteiger partial charge on any atom is -0.352 e. The Balaban J connectivity index is 2.07. The normalized spacial score (nSPS) is 21.6. The summed E-state index contributed by atoms with van der Waals surface area (Å²) in [4.78, 5) is 51.0. The van der Waals surface area contributed by atoms with Crippen molar-refractivity contribution in [3.63, 3.8) is 0 Å². The minimum atomic E-state index is -0.786. The van der Waals surface area contributed by atoms with Crippen molar-refractivity contribution in [1.29, 1.82) is 0 Å². The molecule has 0 radical (unpaired) electrons. The summed E-state index contributed by atoms with van der Waals surface area (Å²) >= 11 is 1.46. The zero-order valence-corrected chi connectivity index (χ0v) is 23.6. The van der Waals surface area contributed by atoms with Gasteiger partial charge in [-0.15, -0.1) is 0 Å². The first kappa shape index (κ1) is 30.4. The fourth-order valence-electron chi connectivity index (χ4n) is 3.93. The SMILES string of the molecule is CC(C)Cc1ccc([C@H](C)C(=O)N[C@H](C(=O)N[C@H]2CSCCNC(=O)/C=C/[C@H](C)NC2=O)C(C)C)cc1. The van der Waals surface area contributed by atoms with Gasteiger partial charge >= 0.3 is 0 Å². The summed E-state index contributed by atoms with van der Waals surface area (Å²) in [6.45, 7) is 12.1. The van der Waals surface area contributed by atoms with Crippen molar-refractivity contribution in [2.45, 2.75) is 72.0 Å². The molecule has 4 N–H and O–H groups in total. The van der Waals surface area contributed by atoms with E-state index in [9.17, 15) is 19.2 Å². The molecule has 0 fully saturated rings. The van der Waals surface area contributed by atoms with E-state index in [1.165, 1.54) is 23.4 Å². The van der Waals surface area contributed by atoms with Crippen LogP contribution in [0.2, 0.25) is 0 Å². The van der Waals surface area contributed by atoms with Gasteiger partial charge in [-0.1, -0.05) is 58.0 Å². The number of benzene rings is 1. The summed E-state index contributed by atoms with van der Waals surface area (Å²) in [6, 6.07) is 6.10. The van der Waals surface area contributed by atoms with E-state index in [2.05, 4.69) is 35.1 Å². The highest BCUT2D eigenvalue weighted by atomic mass is 32.2. The van der Waals surface area contributed by atoms with Gasteiger partial charge in [0.1, 0.15) is 12.1 Å². The van der Waals surface area contributed by atoms with Crippen molar-refractivity contribution in [3.8, 4) is 0 Å². The lowest BCUT2D eigenvalue weighted by atomic mass is 9.95. The van der Waals surface area contributed by atoms with Gasteiger partial charge in [-0.05, 0) is 43.2 Å². The Labute approximate surface area is 225 Å². The number of carbonyl (C=O) groups excluding carboxylic acids is 4. The first-order chi connectivity index (χ1) is 17.5. The van der Waals surface area contributed by atoms with Crippen LogP contribution < -0.4 is 21.3 Å². The van der Waals surface area contributed by atoms with Crippen molar-refractivity contribution >= 4 is 35.4 Å². The first-order valence-corrected chi connectivity index (χ1v) is 14.2. The third kappa shape index (κ3) is 10.2. The molecule has 0 saturated carbocycles. The summed E-state index contributed by atoms with van der Waals surface area (Å²) in [6.07, 6.45) is 3.98. The lowest BCUT2D eigenvalue weighted by molar-refractivity contribution is -0.133. The van der Waals surface area contributed by atoms with Gasteiger partial charge in [0.15, 0.2) is 0 Å². The van der Waals surface area contributed by atoms with Crippen LogP contribution in [0.15, 0.2) is 36.4 Å². The van der Waals surface area contributed by atoms with E-state index in [1.54, 1.807) is 13.0 Å². The van der Waals surface area contributed by atoms with Gasteiger partial charge in [-0.2, -0.15) is 11.8 Å². The van der Waals surface area contributed by atoms with Crippen LogP contribution in [0.3, 0.4) is 0 Å². The van der Waals surface area contributed by atoms with E-state index in [-0.39, 0.29) is 29.7 Å². The van der Waals surface area contributed by atoms with Gasteiger partial charge in [-0.25, -0.2) is 0 Å². The molecule has 9 heteroatoms. The Bertz CT molecular complexity index is 961. The number of nitrogens with one attached hydrogen (secondary N) is 4. The molecule has 0 aliphatic carbocycles. The Kier molecular flexibility index (Phi) is 12.2. The van der Waals surface area contributed by atoms with E-state index < -0.39 is 23.9 Å². The minimum absolute atomic E-state index is 0.177. The summed E-state index contributed by atoms with van der Waals surface area (Å²) < 4.78 is 0. The molecule has 1 aliphatic heterocycles. The van der Waals surface area contributed by atoms with E-state index >= 15 is 0 Å². The maximum absolute atomic E-state index is 13.3. The molecular formula is C28H42N4O4S. The largest absolute Gasteiger partial charge is 0.352 e. The van der Waals surface area contributed by atoms with Crippen molar-refractivity contribution in [2.24, 2.45) is 11.8 Å². The van der Waals surface area contributed by atoms with E-state index in [0.29, 0.717) is 24.0 Å². The van der Waals surface area contributed by atoms with Crippen molar-refractivity contribution in [2.75, 3.05) is 18.1 Å². The highest BCUT2D eigenvalue weighted by Gasteiger charge is 2.30. The van der Waals surface area contributed by atoms with Gasteiger partial charge in [0, 0.05) is 30.2 Å². The van der Waals surface area contributed by atoms with Crippen LogP contribution >= 0.6 is 11.8 Å². The molecule has 0 saturated heterocycles. The third-order valence-electron chi connectivity index (χ3n) is 6.13. The van der Waals surface area contributed by atoms with Gasteiger partial charge in [0.05, 0.1) is 5.92 Å². The fourth-order valence-corrected chi connectivity index (χ4v) is 4.82. The second-order valence-corrected chi connectivity index (χ2v) is 11.5. The van der Waals surface area contributed by atoms with Gasteiger partial charge in [0.25, 0.3) is 0 Å². The maximum atomic E-state index is 13.3. The number of amides is 4. The van der Waals surface area contributed by atoms with Crippen LogP contribution in [0.25, 0.3) is 0 Å². The monoisotopic (exact) mass is 530 g/mol. The van der Waals surface area contributed by atoms with Gasteiger partial charge in [0.2, 0.25) is 23.6 Å². The number of hydrogen-bond donors (Lipinski definition) is 4. The molecule has 8 nitrogen and oxygen atoms in total. The molecule has 4 atom stereocenters. The van der Waals surface area contributed by atoms with Crippen LogP contribution in [0.5, 0.6) is 0 Å². The quantitative estimate of drug-likeness (QED) is 0.412. The molecule has 0 aromatic heterocycles. The van der Waals surface area contributed by atoms with E-state index in [0.717, 1.165) is 12.0 Å². The molecule has 0 bridgehead atoms. The lowest BCUT2D eigenvalue weighted by Gasteiger charge is -2.27. The van der Waals surface area contributed by atoms with Crippen LogP contribution in [0, 0.1) is 11.8 Å². The molecule has 37 heavy (non-hydrogen) atoms.